The van der Waals surface area contributed by atoms with Gasteiger partial charge in [0.1, 0.15) is 10.5 Å². The van der Waals surface area contributed by atoms with Gasteiger partial charge in [0.2, 0.25) is 0 Å². The molecule has 1 aliphatic rings. The van der Waals surface area contributed by atoms with Crippen LogP contribution in [0.25, 0.3) is 0 Å². The van der Waals surface area contributed by atoms with Crippen molar-refractivity contribution >= 4 is 24.0 Å². The number of thioether (sulfide) groups is 1. The van der Waals surface area contributed by atoms with Crippen molar-refractivity contribution in [3.05, 3.63) is 52.1 Å². The maximum Gasteiger partial charge on any atom is 0.133 e. The summed E-state index contributed by atoms with van der Waals surface area (Å²) >= 11 is 7.14. The molecule has 3 rings (SSSR count). The van der Waals surface area contributed by atoms with Crippen molar-refractivity contribution < 1.29 is 0 Å². The molecule has 18 heavy (non-hydrogen) atoms. The third-order valence-electron chi connectivity index (χ3n) is 3.13. The number of nitrogens with zero attached hydrogens (tertiary/aromatic N) is 1. The number of rotatable bonds is 3. The van der Waals surface area contributed by atoms with Gasteiger partial charge >= 0.3 is 0 Å². The highest BCUT2D eigenvalue weighted by Crippen LogP contribution is 2.24. The predicted molar refractivity (Wildman–Crippen MR) is 77.4 cm³/mol. The summed E-state index contributed by atoms with van der Waals surface area (Å²) in [6, 6.07) is 10.4. The lowest BCUT2D eigenvalue weighted by molar-refractivity contribution is 0.893. The lowest BCUT2D eigenvalue weighted by Gasteiger charge is -2.05. The molecule has 0 bridgehead atoms. The fraction of sp³-hybridized carbons (Fsp3) is 0.286. The monoisotopic (exact) mass is 274 g/mol. The number of aryl methyl sites for hydroxylation is 1. The lowest BCUT2D eigenvalue weighted by atomic mass is 10.3. The highest BCUT2D eigenvalue weighted by molar-refractivity contribution is 7.98. The summed E-state index contributed by atoms with van der Waals surface area (Å²) in [6.07, 6.45) is 3.40. The molecule has 4 heteroatoms. The Hall–Kier alpha value is -1.13. The third-order valence-corrected chi connectivity index (χ3v) is 4.49. The summed E-state index contributed by atoms with van der Waals surface area (Å²) in [7, 11) is 0. The molecule has 1 heterocycles. The first kappa shape index (κ1) is 11.9. The van der Waals surface area contributed by atoms with Gasteiger partial charge in [-0.3, -0.25) is 0 Å². The van der Waals surface area contributed by atoms with Gasteiger partial charge in [0.25, 0.3) is 0 Å². The smallest absolute Gasteiger partial charge is 0.133 e. The molecule has 0 amide bonds. The molecule has 1 N–H and O–H groups in total. The number of nitrogens with one attached hydrogen (secondary N) is 1. The number of hydrogen-bond acceptors (Lipinski definition) is 3. The normalized spacial score (nSPS) is 13.6. The summed E-state index contributed by atoms with van der Waals surface area (Å²) in [5.41, 5.74) is 2.57. The number of aromatic nitrogens is 2. The molecule has 0 atom stereocenters. The van der Waals surface area contributed by atoms with E-state index in [4.69, 9.17) is 12.2 Å². The van der Waals surface area contributed by atoms with Crippen LogP contribution >= 0.6 is 24.0 Å². The van der Waals surface area contributed by atoms with Crippen molar-refractivity contribution in [2.75, 3.05) is 0 Å². The molecule has 1 aromatic carbocycles. The average Bonchev–Trinajstić information content (AvgIpc) is 2.86. The van der Waals surface area contributed by atoms with Crippen LogP contribution in [0, 0.1) is 4.64 Å². The van der Waals surface area contributed by atoms with Gasteiger partial charge in [0.15, 0.2) is 0 Å². The van der Waals surface area contributed by atoms with Crippen molar-refractivity contribution in [3.8, 4) is 0 Å². The van der Waals surface area contributed by atoms with Crippen LogP contribution in [-0.4, -0.2) is 9.97 Å². The van der Waals surface area contributed by atoms with Gasteiger partial charge < -0.3 is 4.98 Å². The van der Waals surface area contributed by atoms with E-state index in [1.807, 2.05) is 6.07 Å². The zero-order valence-electron chi connectivity index (χ0n) is 9.98. The summed E-state index contributed by atoms with van der Waals surface area (Å²) in [4.78, 5) is 9.20. The Kier molecular flexibility index (Phi) is 3.48. The van der Waals surface area contributed by atoms with E-state index in [-0.39, 0.29) is 0 Å². The Labute approximate surface area is 116 Å². The van der Waals surface area contributed by atoms with E-state index in [0.29, 0.717) is 0 Å². The standard InChI is InChI=1S/C14H14N2S2/c17-14-11-7-4-8-12(11)15-13(16-14)9-18-10-5-2-1-3-6-10/h1-3,5-6H,4,7-9H2,(H,15,16,17). The molecule has 0 saturated carbocycles. The Morgan fingerprint density at radius 2 is 2.06 bits per heavy atom. The Balaban J connectivity index is 1.78. The summed E-state index contributed by atoms with van der Waals surface area (Å²) in [5.74, 6) is 1.84. The van der Waals surface area contributed by atoms with Gasteiger partial charge in [-0.25, -0.2) is 4.98 Å². The highest BCUT2D eigenvalue weighted by Gasteiger charge is 2.14. The van der Waals surface area contributed by atoms with Gasteiger partial charge in [-0.05, 0) is 31.4 Å². The van der Waals surface area contributed by atoms with E-state index >= 15 is 0 Å². The van der Waals surface area contributed by atoms with Crippen molar-refractivity contribution in [2.24, 2.45) is 0 Å². The molecule has 1 aromatic heterocycles. The fourth-order valence-electron chi connectivity index (χ4n) is 2.25. The molecular weight excluding hydrogens is 260 g/mol. The molecule has 2 aromatic rings. The first-order valence-electron chi connectivity index (χ1n) is 6.12. The van der Waals surface area contributed by atoms with Crippen LogP contribution in [0.15, 0.2) is 35.2 Å². The van der Waals surface area contributed by atoms with E-state index in [1.54, 1.807) is 11.8 Å². The van der Waals surface area contributed by atoms with Crippen LogP contribution in [0.3, 0.4) is 0 Å². The van der Waals surface area contributed by atoms with Crippen molar-refractivity contribution in [3.63, 3.8) is 0 Å². The molecule has 0 fully saturated rings. The van der Waals surface area contributed by atoms with Crippen molar-refractivity contribution in [1.29, 1.82) is 0 Å². The largest absolute Gasteiger partial charge is 0.346 e. The van der Waals surface area contributed by atoms with Crippen LogP contribution in [0.2, 0.25) is 0 Å². The predicted octanol–water partition coefficient (Wildman–Crippen LogP) is 3.92. The molecule has 0 saturated heterocycles. The van der Waals surface area contributed by atoms with Gasteiger partial charge in [-0.2, -0.15) is 0 Å². The molecule has 0 spiro atoms. The van der Waals surface area contributed by atoms with Gasteiger partial charge in [-0.15, -0.1) is 11.8 Å². The van der Waals surface area contributed by atoms with Crippen molar-refractivity contribution in [2.45, 2.75) is 29.9 Å². The number of benzene rings is 1. The van der Waals surface area contributed by atoms with Crippen LogP contribution in [0.5, 0.6) is 0 Å². The summed E-state index contributed by atoms with van der Waals surface area (Å²) in [6.45, 7) is 0. The minimum Gasteiger partial charge on any atom is -0.346 e. The summed E-state index contributed by atoms with van der Waals surface area (Å²) in [5, 5.41) is 0. The van der Waals surface area contributed by atoms with E-state index in [9.17, 15) is 0 Å². The van der Waals surface area contributed by atoms with Crippen LogP contribution in [0.1, 0.15) is 23.5 Å². The maximum absolute atomic E-state index is 5.36. The van der Waals surface area contributed by atoms with E-state index in [1.165, 1.54) is 22.6 Å². The van der Waals surface area contributed by atoms with Crippen molar-refractivity contribution in [1.82, 2.24) is 9.97 Å². The molecule has 0 radical (unpaired) electrons. The zero-order chi connectivity index (χ0) is 12.4. The van der Waals surface area contributed by atoms with E-state index < -0.39 is 0 Å². The second kappa shape index (κ2) is 5.24. The number of H-pyrrole nitrogens is 1. The quantitative estimate of drug-likeness (QED) is 0.679. The number of aromatic amines is 1. The third kappa shape index (κ3) is 2.49. The minimum atomic E-state index is 0.796. The second-order valence-electron chi connectivity index (χ2n) is 4.40. The minimum absolute atomic E-state index is 0.796. The van der Waals surface area contributed by atoms with Gasteiger partial charge in [0.05, 0.1) is 5.75 Å². The first-order chi connectivity index (χ1) is 8.83. The second-order valence-corrected chi connectivity index (χ2v) is 5.84. The van der Waals surface area contributed by atoms with E-state index in [0.717, 1.165) is 29.1 Å². The van der Waals surface area contributed by atoms with Crippen LogP contribution in [0.4, 0.5) is 0 Å². The average molecular weight is 274 g/mol. The molecule has 0 unspecified atom stereocenters. The van der Waals surface area contributed by atoms with Crippen LogP contribution in [-0.2, 0) is 18.6 Å². The Bertz CT molecular complexity index is 605. The topological polar surface area (TPSA) is 28.7 Å². The van der Waals surface area contributed by atoms with Gasteiger partial charge in [0, 0.05) is 16.2 Å². The molecular formula is C14H14N2S2. The number of fused-ring (bicyclic) bond motifs is 1. The lowest BCUT2D eigenvalue weighted by Crippen LogP contribution is -1.99. The Morgan fingerprint density at radius 3 is 2.89 bits per heavy atom. The van der Waals surface area contributed by atoms with E-state index in [2.05, 4.69) is 34.2 Å². The number of hydrogen-bond donors (Lipinski definition) is 1. The zero-order valence-corrected chi connectivity index (χ0v) is 11.6. The molecule has 2 nitrogen and oxygen atoms in total. The first-order valence-corrected chi connectivity index (χ1v) is 7.51. The molecule has 92 valence electrons. The highest BCUT2D eigenvalue weighted by atomic mass is 32.2. The molecule has 1 aliphatic carbocycles. The maximum atomic E-state index is 5.36. The fourth-order valence-corrected chi connectivity index (χ4v) is 3.37. The SMILES string of the molecule is S=c1nc(CSc2ccccc2)[nH]c2c1CCC2. The molecule has 0 aliphatic heterocycles. The van der Waals surface area contributed by atoms with Crippen LogP contribution < -0.4 is 0 Å². The summed E-state index contributed by atoms with van der Waals surface area (Å²) < 4.78 is 0.796. The Morgan fingerprint density at radius 1 is 1.22 bits per heavy atom. The van der Waals surface area contributed by atoms with Gasteiger partial charge in [-0.1, -0.05) is 30.4 Å².